The molecule has 2 rings (SSSR count). The molecule has 1 aliphatic heterocycles. The van der Waals surface area contributed by atoms with Crippen molar-refractivity contribution >= 4 is 0 Å². The lowest BCUT2D eigenvalue weighted by Crippen LogP contribution is -2.47. The number of aryl methyl sites for hydroxylation is 1. The Morgan fingerprint density at radius 2 is 2.00 bits per heavy atom. The van der Waals surface area contributed by atoms with Crippen LogP contribution >= 0.6 is 0 Å². The molecule has 0 spiro atoms. The molecular formula is C14H27N3. The molecule has 1 fully saturated rings. The van der Waals surface area contributed by atoms with Gasteiger partial charge in [-0.05, 0) is 46.1 Å². The van der Waals surface area contributed by atoms with Gasteiger partial charge >= 0.3 is 0 Å². The van der Waals surface area contributed by atoms with E-state index in [0.717, 1.165) is 6.54 Å². The van der Waals surface area contributed by atoms with Crippen molar-refractivity contribution in [3.05, 3.63) is 17.5 Å². The van der Waals surface area contributed by atoms with E-state index in [0.29, 0.717) is 11.6 Å². The third kappa shape index (κ3) is 3.32. The molecule has 3 heteroatoms. The van der Waals surface area contributed by atoms with Gasteiger partial charge in [0.05, 0.1) is 12.2 Å². The molecule has 1 N–H and O–H groups in total. The lowest BCUT2D eigenvalue weighted by Gasteiger charge is -2.36. The van der Waals surface area contributed by atoms with Crippen molar-refractivity contribution in [3.63, 3.8) is 0 Å². The molecule has 0 amide bonds. The minimum absolute atomic E-state index is 0.298. The summed E-state index contributed by atoms with van der Waals surface area (Å²) in [4.78, 5) is 0. The van der Waals surface area contributed by atoms with Crippen LogP contribution in [0.4, 0.5) is 0 Å². The zero-order valence-corrected chi connectivity index (χ0v) is 12.2. The number of hydrogen-bond acceptors (Lipinski definition) is 2. The average molecular weight is 237 g/mol. The molecule has 1 atom stereocenters. The van der Waals surface area contributed by atoms with Crippen LogP contribution in [0.3, 0.4) is 0 Å². The highest BCUT2D eigenvalue weighted by Crippen LogP contribution is 2.26. The molecule has 0 saturated carbocycles. The quantitative estimate of drug-likeness (QED) is 0.812. The molecule has 17 heavy (non-hydrogen) atoms. The highest BCUT2D eigenvalue weighted by atomic mass is 15.3. The first-order valence-corrected chi connectivity index (χ1v) is 6.75. The first-order valence-electron chi connectivity index (χ1n) is 6.75. The smallest absolute Gasteiger partial charge is 0.0647 e. The molecule has 0 radical (unpaired) electrons. The van der Waals surface area contributed by atoms with E-state index >= 15 is 0 Å². The van der Waals surface area contributed by atoms with Crippen molar-refractivity contribution in [2.24, 2.45) is 0 Å². The molecular weight excluding hydrogens is 210 g/mol. The molecule has 1 aromatic rings. The van der Waals surface area contributed by atoms with Crippen molar-refractivity contribution in [1.82, 2.24) is 15.1 Å². The van der Waals surface area contributed by atoms with Crippen LogP contribution in [-0.4, -0.2) is 21.9 Å². The maximum atomic E-state index is 4.46. The summed E-state index contributed by atoms with van der Waals surface area (Å²) in [5.74, 6) is 0. The van der Waals surface area contributed by atoms with Crippen molar-refractivity contribution < 1.29 is 0 Å². The number of aromatic nitrogens is 2. The Hall–Kier alpha value is -0.830. The Kier molecular flexibility index (Phi) is 4.75. The molecule has 2 heterocycles. The number of nitrogens with zero attached hydrogens (tertiary/aromatic N) is 2. The summed E-state index contributed by atoms with van der Waals surface area (Å²) in [5.41, 5.74) is 2.90. The summed E-state index contributed by atoms with van der Waals surface area (Å²) >= 11 is 0. The van der Waals surface area contributed by atoms with E-state index in [4.69, 9.17) is 0 Å². The van der Waals surface area contributed by atoms with Gasteiger partial charge in [-0.3, -0.25) is 4.68 Å². The van der Waals surface area contributed by atoms with E-state index in [2.05, 4.69) is 42.8 Å². The van der Waals surface area contributed by atoms with Gasteiger partial charge in [-0.1, -0.05) is 13.8 Å². The molecule has 0 aromatic carbocycles. The number of rotatable bonds is 1. The molecule has 3 nitrogen and oxygen atoms in total. The summed E-state index contributed by atoms with van der Waals surface area (Å²) in [7, 11) is 0. The third-order valence-corrected chi connectivity index (χ3v) is 3.55. The molecule has 1 aromatic heterocycles. The average Bonchev–Trinajstić information content (AvgIpc) is 2.63. The molecule has 1 saturated heterocycles. The van der Waals surface area contributed by atoms with Crippen LogP contribution in [-0.2, 0) is 0 Å². The second-order valence-electron chi connectivity index (χ2n) is 5.31. The molecule has 98 valence electrons. The fourth-order valence-corrected chi connectivity index (χ4v) is 2.20. The SMILES string of the molecule is CC.Cc1cnn(C2CCC(C)(C)NC2)c1C. The minimum atomic E-state index is 0.298. The van der Waals surface area contributed by atoms with Gasteiger partial charge in [-0.25, -0.2) is 0 Å². The second-order valence-corrected chi connectivity index (χ2v) is 5.31. The van der Waals surface area contributed by atoms with Gasteiger partial charge in [-0.15, -0.1) is 0 Å². The monoisotopic (exact) mass is 237 g/mol. The van der Waals surface area contributed by atoms with Crippen molar-refractivity contribution in [3.8, 4) is 0 Å². The van der Waals surface area contributed by atoms with Crippen LogP contribution in [0.15, 0.2) is 6.20 Å². The Morgan fingerprint density at radius 1 is 1.35 bits per heavy atom. The highest BCUT2D eigenvalue weighted by molar-refractivity contribution is 5.14. The largest absolute Gasteiger partial charge is 0.310 e. The van der Waals surface area contributed by atoms with Crippen molar-refractivity contribution in [2.75, 3.05) is 6.54 Å². The number of piperidine rings is 1. The van der Waals surface area contributed by atoms with E-state index in [9.17, 15) is 0 Å². The lowest BCUT2D eigenvalue weighted by atomic mass is 9.91. The Labute approximate surface area is 106 Å². The normalized spacial score (nSPS) is 22.8. The number of nitrogens with one attached hydrogen (secondary N) is 1. The fraction of sp³-hybridized carbons (Fsp3) is 0.786. The van der Waals surface area contributed by atoms with Gasteiger partial charge in [0, 0.05) is 17.8 Å². The second kappa shape index (κ2) is 5.67. The van der Waals surface area contributed by atoms with Crippen LogP contribution in [0.5, 0.6) is 0 Å². The van der Waals surface area contributed by atoms with Crippen molar-refractivity contribution in [1.29, 1.82) is 0 Å². The van der Waals surface area contributed by atoms with Crippen LogP contribution < -0.4 is 5.32 Å². The van der Waals surface area contributed by atoms with Crippen LogP contribution in [0.1, 0.15) is 57.8 Å². The summed E-state index contributed by atoms with van der Waals surface area (Å²) in [6.07, 6.45) is 4.41. The summed E-state index contributed by atoms with van der Waals surface area (Å²) in [6.45, 7) is 13.9. The van der Waals surface area contributed by atoms with Gasteiger partial charge in [0.1, 0.15) is 0 Å². The van der Waals surface area contributed by atoms with E-state index in [1.54, 1.807) is 0 Å². The van der Waals surface area contributed by atoms with E-state index in [1.165, 1.54) is 24.1 Å². The first-order chi connectivity index (χ1) is 7.99. The van der Waals surface area contributed by atoms with Gasteiger partial charge in [0.15, 0.2) is 0 Å². The molecule has 0 bridgehead atoms. The molecule has 0 aliphatic carbocycles. The summed E-state index contributed by atoms with van der Waals surface area (Å²) < 4.78 is 2.18. The minimum Gasteiger partial charge on any atom is -0.310 e. The van der Waals surface area contributed by atoms with Gasteiger partial charge < -0.3 is 5.32 Å². The number of hydrogen-bond donors (Lipinski definition) is 1. The lowest BCUT2D eigenvalue weighted by molar-refractivity contribution is 0.230. The summed E-state index contributed by atoms with van der Waals surface area (Å²) in [6, 6.07) is 0.534. The van der Waals surface area contributed by atoms with Crippen LogP contribution in [0.2, 0.25) is 0 Å². The first kappa shape index (κ1) is 14.2. The third-order valence-electron chi connectivity index (χ3n) is 3.55. The Balaban J connectivity index is 0.000000686. The van der Waals surface area contributed by atoms with E-state index in [-0.39, 0.29) is 0 Å². The summed E-state index contributed by atoms with van der Waals surface area (Å²) in [5, 5.41) is 8.05. The molecule has 1 aliphatic rings. The van der Waals surface area contributed by atoms with Crippen LogP contribution in [0, 0.1) is 13.8 Å². The van der Waals surface area contributed by atoms with Crippen molar-refractivity contribution in [2.45, 2.75) is 66.0 Å². The molecule has 1 unspecified atom stereocenters. The predicted octanol–water partition coefficient (Wildman–Crippen LogP) is 3.23. The Bertz CT molecular complexity index is 342. The highest BCUT2D eigenvalue weighted by Gasteiger charge is 2.27. The fourth-order valence-electron chi connectivity index (χ4n) is 2.20. The van der Waals surface area contributed by atoms with E-state index in [1.807, 2.05) is 20.0 Å². The predicted molar refractivity (Wildman–Crippen MR) is 73.4 cm³/mol. The van der Waals surface area contributed by atoms with E-state index < -0.39 is 0 Å². The zero-order chi connectivity index (χ0) is 13.1. The van der Waals surface area contributed by atoms with Gasteiger partial charge in [0.2, 0.25) is 0 Å². The zero-order valence-electron chi connectivity index (χ0n) is 12.2. The maximum Gasteiger partial charge on any atom is 0.0647 e. The standard InChI is InChI=1S/C12H21N3.C2H6/c1-9-7-14-15(10(9)2)11-5-6-12(3,4)13-8-11;1-2/h7,11,13H,5-6,8H2,1-4H3;1-2H3. The topological polar surface area (TPSA) is 29.9 Å². The Morgan fingerprint density at radius 3 is 2.41 bits per heavy atom. The maximum absolute atomic E-state index is 4.46. The van der Waals surface area contributed by atoms with Gasteiger partial charge in [0.25, 0.3) is 0 Å². The van der Waals surface area contributed by atoms with Crippen LogP contribution in [0.25, 0.3) is 0 Å². The van der Waals surface area contributed by atoms with Gasteiger partial charge in [-0.2, -0.15) is 5.10 Å².